The Labute approximate surface area is 182 Å². The zero-order valence-corrected chi connectivity index (χ0v) is 17.5. The number of hydrogen-bond donors (Lipinski definition) is 3. The molecule has 0 saturated carbocycles. The number of carbonyl (C=O) groups excluding carboxylic acids is 2. The SMILES string of the molecule is Cc1c(CC(=O)NCC(C)C(=O)O)c2c(F)c(O)ccc2n1C(=O)c1ccc(Cl)cc1. The second kappa shape index (κ2) is 8.77. The summed E-state index contributed by atoms with van der Waals surface area (Å²) >= 11 is 5.88. The molecule has 0 aliphatic rings. The van der Waals surface area contributed by atoms with Gasteiger partial charge in [0.15, 0.2) is 11.6 Å². The van der Waals surface area contributed by atoms with Crippen molar-refractivity contribution in [3.63, 3.8) is 0 Å². The van der Waals surface area contributed by atoms with Crippen LogP contribution in [0.15, 0.2) is 36.4 Å². The fourth-order valence-corrected chi connectivity index (χ4v) is 3.43. The van der Waals surface area contributed by atoms with Gasteiger partial charge in [-0.15, -0.1) is 0 Å². The average Bonchev–Trinajstić information content (AvgIpc) is 3.00. The highest BCUT2D eigenvalue weighted by Gasteiger charge is 2.25. The number of aromatic hydroxyl groups is 1. The van der Waals surface area contributed by atoms with Crippen molar-refractivity contribution in [1.82, 2.24) is 9.88 Å². The van der Waals surface area contributed by atoms with Crippen LogP contribution < -0.4 is 5.32 Å². The third kappa shape index (κ3) is 4.39. The minimum absolute atomic E-state index is 0.0405. The summed E-state index contributed by atoms with van der Waals surface area (Å²) in [4.78, 5) is 36.5. The highest BCUT2D eigenvalue weighted by Crippen LogP contribution is 2.33. The van der Waals surface area contributed by atoms with E-state index in [1.807, 2.05) is 0 Å². The summed E-state index contributed by atoms with van der Waals surface area (Å²) in [5, 5.41) is 21.7. The van der Waals surface area contributed by atoms with Gasteiger partial charge in [0.1, 0.15) is 0 Å². The van der Waals surface area contributed by atoms with Crippen LogP contribution in [0.4, 0.5) is 4.39 Å². The van der Waals surface area contributed by atoms with Crippen molar-refractivity contribution < 1.29 is 29.0 Å². The highest BCUT2D eigenvalue weighted by atomic mass is 35.5. The number of amides is 1. The van der Waals surface area contributed by atoms with Gasteiger partial charge in [0.05, 0.1) is 17.9 Å². The number of carbonyl (C=O) groups is 3. The summed E-state index contributed by atoms with van der Waals surface area (Å²) in [5.41, 5.74) is 1.07. The minimum atomic E-state index is -1.06. The molecule has 9 heteroatoms. The molecule has 3 rings (SSSR count). The Morgan fingerprint density at radius 1 is 1.16 bits per heavy atom. The summed E-state index contributed by atoms with van der Waals surface area (Å²) in [6.45, 7) is 2.93. The van der Waals surface area contributed by atoms with E-state index in [2.05, 4.69) is 5.32 Å². The number of benzene rings is 2. The van der Waals surface area contributed by atoms with E-state index in [0.29, 0.717) is 16.3 Å². The van der Waals surface area contributed by atoms with Gasteiger partial charge in [0.25, 0.3) is 5.91 Å². The third-order valence-electron chi connectivity index (χ3n) is 5.07. The van der Waals surface area contributed by atoms with Crippen LogP contribution >= 0.6 is 11.6 Å². The fourth-order valence-electron chi connectivity index (χ4n) is 3.30. The van der Waals surface area contributed by atoms with Crippen molar-refractivity contribution in [3.8, 4) is 5.75 Å². The maximum atomic E-state index is 14.8. The standard InChI is InChI=1S/C22H20ClFN2O5/c1-11(22(30)31)10-25-18(28)9-15-12(2)26(16-7-8-17(27)20(24)19(15)16)21(29)13-3-5-14(23)6-4-13/h3-8,11,27H,9-10H2,1-2H3,(H,25,28)(H,30,31). The van der Waals surface area contributed by atoms with Crippen LogP contribution in [0.2, 0.25) is 5.02 Å². The topological polar surface area (TPSA) is 109 Å². The summed E-state index contributed by atoms with van der Waals surface area (Å²) in [7, 11) is 0. The molecule has 0 bridgehead atoms. The van der Waals surface area contributed by atoms with Crippen LogP contribution in [0.3, 0.4) is 0 Å². The van der Waals surface area contributed by atoms with E-state index in [-0.39, 0.29) is 29.4 Å². The number of aliphatic carboxylic acids is 1. The van der Waals surface area contributed by atoms with Crippen molar-refractivity contribution in [3.05, 3.63) is 64.1 Å². The first-order valence-corrected chi connectivity index (χ1v) is 9.80. The molecule has 1 unspecified atom stereocenters. The number of fused-ring (bicyclic) bond motifs is 1. The quantitative estimate of drug-likeness (QED) is 0.537. The van der Waals surface area contributed by atoms with E-state index >= 15 is 0 Å². The van der Waals surface area contributed by atoms with E-state index in [1.165, 1.54) is 29.7 Å². The summed E-state index contributed by atoms with van der Waals surface area (Å²) in [6, 6.07) is 8.72. The monoisotopic (exact) mass is 446 g/mol. The first kappa shape index (κ1) is 22.3. The molecule has 0 fully saturated rings. The van der Waals surface area contributed by atoms with Gasteiger partial charge in [-0.3, -0.25) is 19.0 Å². The first-order valence-electron chi connectivity index (χ1n) is 9.43. The molecule has 0 radical (unpaired) electrons. The second-order valence-electron chi connectivity index (χ2n) is 7.22. The predicted molar refractivity (Wildman–Crippen MR) is 113 cm³/mol. The molecule has 1 amide bonds. The number of hydrogen-bond acceptors (Lipinski definition) is 4. The number of rotatable bonds is 6. The van der Waals surface area contributed by atoms with Crippen LogP contribution in [0.1, 0.15) is 28.5 Å². The summed E-state index contributed by atoms with van der Waals surface area (Å²) < 4.78 is 16.1. The normalized spacial score (nSPS) is 12.0. The van der Waals surface area contributed by atoms with Crippen LogP contribution in [0.5, 0.6) is 5.75 Å². The molecule has 1 atom stereocenters. The van der Waals surface area contributed by atoms with E-state index in [4.69, 9.17) is 16.7 Å². The maximum Gasteiger partial charge on any atom is 0.308 e. The number of halogens is 2. The summed E-state index contributed by atoms with van der Waals surface area (Å²) in [6.07, 6.45) is -0.296. The fraction of sp³-hybridized carbons (Fsp3) is 0.227. The molecule has 0 spiro atoms. The van der Waals surface area contributed by atoms with E-state index in [1.54, 1.807) is 19.1 Å². The predicted octanol–water partition coefficient (Wildman–Crippen LogP) is 3.52. The zero-order chi connectivity index (χ0) is 22.9. The van der Waals surface area contributed by atoms with Crippen LogP contribution in [0.25, 0.3) is 10.9 Å². The Balaban J connectivity index is 2.05. The van der Waals surface area contributed by atoms with Gasteiger partial charge in [-0.1, -0.05) is 18.5 Å². The number of aromatic nitrogens is 1. The molecule has 1 heterocycles. The number of nitrogens with zero attached hydrogens (tertiary/aromatic N) is 1. The largest absolute Gasteiger partial charge is 0.505 e. The van der Waals surface area contributed by atoms with Crippen molar-refractivity contribution >= 4 is 40.3 Å². The van der Waals surface area contributed by atoms with Gasteiger partial charge in [0, 0.05) is 28.2 Å². The van der Waals surface area contributed by atoms with Gasteiger partial charge in [-0.25, -0.2) is 4.39 Å². The number of carboxylic acid groups (broad SMARTS) is 1. The molecular weight excluding hydrogens is 427 g/mol. The molecule has 31 heavy (non-hydrogen) atoms. The van der Waals surface area contributed by atoms with E-state index in [9.17, 15) is 23.9 Å². The number of carboxylic acids is 1. The van der Waals surface area contributed by atoms with Gasteiger partial charge < -0.3 is 15.5 Å². The number of phenols is 1. The van der Waals surface area contributed by atoms with E-state index in [0.717, 1.165) is 6.07 Å². The lowest BCUT2D eigenvalue weighted by Crippen LogP contribution is -2.32. The second-order valence-corrected chi connectivity index (χ2v) is 7.66. The Bertz CT molecular complexity index is 1190. The van der Waals surface area contributed by atoms with Crippen LogP contribution in [0, 0.1) is 18.7 Å². The molecule has 0 aliphatic carbocycles. The molecular formula is C22H20ClFN2O5. The molecule has 2 aromatic carbocycles. The average molecular weight is 447 g/mol. The van der Waals surface area contributed by atoms with Gasteiger partial charge >= 0.3 is 5.97 Å². The first-order chi connectivity index (χ1) is 14.6. The molecule has 1 aromatic heterocycles. The van der Waals surface area contributed by atoms with Crippen molar-refractivity contribution in [2.24, 2.45) is 5.92 Å². The molecule has 3 N–H and O–H groups in total. The van der Waals surface area contributed by atoms with E-state index < -0.39 is 35.3 Å². The summed E-state index contributed by atoms with van der Waals surface area (Å²) in [5.74, 6) is -4.38. The molecule has 0 aliphatic heterocycles. The number of phenolic OH excluding ortho intramolecular Hbond substituents is 1. The Morgan fingerprint density at radius 3 is 2.42 bits per heavy atom. The number of nitrogens with one attached hydrogen (secondary N) is 1. The lowest BCUT2D eigenvalue weighted by molar-refractivity contribution is -0.141. The van der Waals surface area contributed by atoms with Gasteiger partial charge in [-0.05, 0) is 48.9 Å². The molecule has 162 valence electrons. The maximum absolute atomic E-state index is 14.8. The van der Waals surface area contributed by atoms with Crippen LogP contribution in [-0.4, -0.2) is 39.1 Å². The lowest BCUT2D eigenvalue weighted by Gasteiger charge is -2.09. The molecule has 7 nitrogen and oxygen atoms in total. The van der Waals surface area contributed by atoms with Crippen molar-refractivity contribution in [2.45, 2.75) is 20.3 Å². The minimum Gasteiger partial charge on any atom is -0.505 e. The Morgan fingerprint density at radius 2 is 1.81 bits per heavy atom. The lowest BCUT2D eigenvalue weighted by atomic mass is 10.1. The van der Waals surface area contributed by atoms with Crippen molar-refractivity contribution in [1.29, 1.82) is 0 Å². The van der Waals surface area contributed by atoms with Gasteiger partial charge in [-0.2, -0.15) is 0 Å². The smallest absolute Gasteiger partial charge is 0.308 e. The Hall–Kier alpha value is -3.39. The molecule has 3 aromatic rings. The van der Waals surface area contributed by atoms with Crippen molar-refractivity contribution in [2.75, 3.05) is 6.54 Å². The molecule has 0 saturated heterocycles. The Kier molecular flexibility index (Phi) is 6.31. The highest BCUT2D eigenvalue weighted by molar-refractivity contribution is 6.30. The third-order valence-corrected chi connectivity index (χ3v) is 5.32. The zero-order valence-electron chi connectivity index (χ0n) is 16.8. The van der Waals surface area contributed by atoms with Crippen LogP contribution in [-0.2, 0) is 16.0 Å². The van der Waals surface area contributed by atoms with Gasteiger partial charge in [0.2, 0.25) is 5.91 Å².